The van der Waals surface area contributed by atoms with Gasteiger partial charge in [0.1, 0.15) is 17.5 Å². The predicted molar refractivity (Wildman–Crippen MR) is 68.8 cm³/mol. The van der Waals surface area contributed by atoms with E-state index in [1.807, 2.05) is 5.43 Å². The van der Waals surface area contributed by atoms with Gasteiger partial charge >= 0.3 is 0 Å². The minimum absolute atomic E-state index is 0.327. The number of hydrogen-bond donors (Lipinski definition) is 3. The van der Waals surface area contributed by atoms with Crippen LogP contribution in [0.5, 0.6) is 11.5 Å². The second-order valence-electron chi connectivity index (χ2n) is 3.81. The first-order valence-electron chi connectivity index (χ1n) is 5.56. The molecule has 0 saturated carbocycles. The smallest absolute Gasteiger partial charge is 0.256 e. The molecule has 4 N–H and O–H groups in total. The molecule has 1 aromatic rings. The molecule has 0 aliphatic rings. The predicted octanol–water partition coefficient (Wildman–Crippen LogP) is -0.188. The van der Waals surface area contributed by atoms with Crippen LogP contribution in [0.25, 0.3) is 0 Å². The number of hydrogen-bond acceptors (Lipinski definition) is 5. The Hall–Kier alpha value is -2.28. The van der Waals surface area contributed by atoms with Crippen molar-refractivity contribution in [1.82, 2.24) is 10.7 Å². The van der Waals surface area contributed by atoms with Gasteiger partial charge in [-0.15, -0.1) is 0 Å². The van der Waals surface area contributed by atoms with E-state index < -0.39 is 17.9 Å². The van der Waals surface area contributed by atoms with Crippen LogP contribution in [0.1, 0.15) is 17.3 Å². The summed E-state index contributed by atoms with van der Waals surface area (Å²) in [6.07, 6.45) is 0. The molecule has 7 nitrogen and oxygen atoms in total. The summed E-state index contributed by atoms with van der Waals surface area (Å²) < 4.78 is 10.1. The minimum atomic E-state index is -0.741. The summed E-state index contributed by atoms with van der Waals surface area (Å²) >= 11 is 0. The Morgan fingerprint density at radius 3 is 2.11 bits per heavy atom. The number of carbonyl (C=O) groups excluding carboxylic acids is 2. The first kappa shape index (κ1) is 14.8. The quantitative estimate of drug-likeness (QED) is 0.390. The molecular formula is C12H17N3O4. The Morgan fingerprint density at radius 2 is 1.68 bits per heavy atom. The summed E-state index contributed by atoms with van der Waals surface area (Å²) in [7, 11) is 2.97. The van der Waals surface area contributed by atoms with Crippen LogP contribution < -0.4 is 26.1 Å². The third kappa shape index (κ3) is 3.85. The normalized spacial score (nSPS) is 11.4. The van der Waals surface area contributed by atoms with E-state index in [9.17, 15) is 9.59 Å². The zero-order valence-corrected chi connectivity index (χ0v) is 11.0. The standard InChI is InChI=1S/C12H17N3O4/c1-7(11(16)15-13)14-12(17)8-4-9(18-2)6-10(5-8)19-3/h4-7H,13H2,1-3H3,(H,14,17)(H,15,16)/t7-/m0/s1. The number of nitrogens with two attached hydrogens (primary N) is 1. The van der Waals surface area contributed by atoms with Crippen molar-refractivity contribution in [2.75, 3.05) is 14.2 Å². The highest BCUT2D eigenvalue weighted by Crippen LogP contribution is 2.22. The summed E-state index contributed by atoms with van der Waals surface area (Å²) in [6, 6.07) is 4.00. The second-order valence-corrected chi connectivity index (χ2v) is 3.81. The van der Waals surface area contributed by atoms with Crippen molar-refractivity contribution in [3.05, 3.63) is 23.8 Å². The van der Waals surface area contributed by atoms with Crippen molar-refractivity contribution in [1.29, 1.82) is 0 Å². The Labute approximate surface area is 111 Å². The van der Waals surface area contributed by atoms with Crippen LogP contribution in [0, 0.1) is 0 Å². The Morgan fingerprint density at radius 1 is 1.16 bits per heavy atom. The molecule has 2 amide bonds. The molecule has 1 rings (SSSR count). The first-order chi connectivity index (χ1) is 9.01. The van der Waals surface area contributed by atoms with E-state index in [1.165, 1.54) is 21.1 Å². The van der Waals surface area contributed by atoms with Gasteiger partial charge in [0.2, 0.25) is 0 Å². The highest BCUT2D eigenvalue weighted by Gasteiger charge is 2.16. The van der Waals surface area contributed by atoms with Crippen LogP contribution in [-0.4, -0.2) is 32.1 Å². The van der Waals surface area contributed by atoms with Crippen molar-refractivity contribution in [2.24, 2.45) is 5.84 Å². The van der Waals surface area contributed by atoms with Gasteiger partial charge in [-0.3, -0.25) is 15.0 Å². The van der Waals surface area contributed by atoms with Gasteiger partial charge in [0.05, 0.1) is 14.2 Å². The Kier molecular flexibility index (Phi) is 5.13. The largest absolute Gasteiger partial charge is 0.497 e. The fraction of sp³-hybridized carbons (Fsp3) is 0.333. The maximum Gasteiger partial charge on any atom is 0.256 e. The van der Waals surface area contributed by atoms with Crippen molar-refractivity contribution >= 4 is 11.8 Å². The average Bonchev–Trinajstić information content (AvgIpc) is 2.45. The van der Waals surface area contributed by atoms with E-state index in [0.717, 1.165) is 0 Å². The number of rotatable bonds is 5. The summed E-state index contributed by atoms with van der Waals surface area (Å²) in [4.78, 5) is 23.2. The highest BCUT2D eigenvalue weighted by molar-refractivity contribution is 5.98. The molecule has 0 fully saturated rings. The summed E-state index contributed by atoms with van der Waals surface area (Å²) in [5.41, 5.74) is 2.29. The highest BCUT2D eigenvalue weighted by atomic mass is 16.5. The number of carbonyl (C=O) groups is 2. The minimum Gasteiger partial charge on any atom is -0.497 e. The van der Waals surface area contributed by atoms with Crippen molar-refractivity contribution < 1.29 is 19.1 Å². The van der Waals surface area contributed by atoms with Crippen LogP contribution in [0.15, 0.2) is 18.2 Å². The fourth-order valence-corrected chi connectivity index (χ4v) is 1.41. The number of hydrazine groups is 1. The first-order valence-corrected chi connectivity index (χ1v) is 5.56. The van der Waals surface area contributed by atoms with E-state index in [2.05, 4.69) is 5.32 Å². The van der Waals surface area contributed by atoms with Crippen molar-refractivity contribution in [3.63, 3.8) is 0 Å². The van der Waals surface area contributed by atoms with Crippen LogP contribution in [-0.2, 0) is 4.79 Å². The molecule has 1 aromatic carbocycles. The molecule has 0 aliphatic heterocycles. The van der Waals surface area contributed by atoms with E-state index in [-0.39, 0.29) is 0 Å². The van der Waals surface area contributed by atoms with Gasteiger partial charge in [-0.2, -0.15) is 0 Å². The lowest BCUT2D eigenvalue weighted by molar-refractivity contribution is -0.122. The molecule has 0 aliphatic carbocycles. The van der Waals surface area contributed by atoms with Gasteiger partial charge in [-0.25, -0.2) is 5.84 Å². The monoisotopic (exact) mass is 267 g/mol. The fourth-order valence-electron chi connectivity index (χ4n) is 1.41. The number of ether oxygens (including phenoxy) is 2. The molecule has 104 valence electrons. The summed E-state index contributed by atoms with van der Waals surface area (Å²) in [5, 5.41) is 2.51. The third-order valence-corrected chi connectivity index (χ3v) is 2.50. The SMILES string of the molecule is COc1cc(OC)cc(C(=O)N[C@@H](C)C(=O)NN)c1. The molecule has 0 saturated heterocycles. The lowest BCUT2D eigenvalue weighted by Crippen LogP contribution is -2.47. The maximum absolute atomic E-state index is 12.0. The molecule has 0 aromatic heterocycles. The van der Waals surface area contributed by atoms with Gasteiger partial charge in [-0.1, -0.05) is 0 Å². The number of methoxy groups -OCH3 is 2. The maximum atomic E-state index is 12.0. The van der Waals surface area contributed by atoms with Crippen LogP contribution in [0.2, 0.25) is 0 Å². The molecule has 19 heavy (non-hydrogen) atoms. The summed E-state index contributed by atoms with van der Waals surface area (Å²) in [6.45, 7) is 1.53. The van der Waals surface area contributed by atoms with E-state index in [1.54, 1.807) is 18.2 Å². The van der Waals surface area contributed by atoms with Gasteiger partial charge in [-0.05, 0) is 19.1 Å². The van der Waals surface area contributed by atoms with E-state index in [0.29, 0.717) is 17.1 Å². The lowest BCUT2D eigenvalue weighted by atomic mass is 10.1. The van der Waals surface area contributed by atoms with Crippen LogP contribution >= 0.6 is 0 Å². The van der Waals surface area contributed by atoms with E-state index in [4.69, 9.17) is 15.3 Å². The lowest BCUT2D eigenvalue weighted by Gasteiger charge is -2.13. The molecule has 0 spiro atoms. The number of nitrogens with one attached hydrogen (secondary N) is 2. The zero-order chi connectivity index (χ0) is 14.4. The zero-order valence-electron chi connectivity index (χ0n) is 11.0. The molecule has 7 heteroatoms. The third-order valence-electron chi connectivity index (χ3n) is 2.50. The van der Waals surface area contributed by atoms with Crippen LogP contribution in [0.3, 0.4) is 0 Å². The van der Waals surface area contributed by atoms with Gasteiger partial charge < -0.3 is 14.8 Å². The molecular weight excluding hydrogens is 250 g/mol. The van der Waals surface area contributed by atoms with Gasteiger partial charge in [0.15, 0.2) is 0 Å². The molecule has 0 heterocycles. The van der Waals surface area contributed by atoms with Gasteiger partial charge in [0.25, 0.3) is 11.8 Å². The topological polar surface area (TPSA) is 103 Å². The van der Waals surface area contributed by atoms with Crippen LogP contribution in [0.4, 0.5) is 0 Å². The Balaban J connectivity index is 2.90. The number of benzene rings is 1. The molecule has 0 bridgehead atoms. The van der Waals surface area contributed by atoms with E-state index >= 15 is 0 Å². The average molecular weight is 267 g/mol. The molecule has 0 unspecified atom stereocenters. The summed E-state index contributed by atoms with van der Waals surface area (Å²) in [5.74, 6) is 5.05. The molecule has 1 atom stereocenters. The van der Waals surface area contributed by atoms with Crippen molar-refractivity contribution in [2.45, 2.75) is 13.0 Å². The van der Waals surface area contributed by atoms with Gasteiger partial charge in [0, 0.05) is 11.6 Å². The van der Waals surface area contributed by atoms with Crippen molar-refractivity contribution in [3.8, 4) is 11.5 Å². The second kappa shape index (κ2) is 6.60. The molecule has 0 radical (unpaired) electrons. The number of amides is 2. The Bertz CT molecular complexity index is 454.